The van der Waals surface area contributed by atoms with Crippen LogP contribution in [0.2, 0.25) is 10.0 Å². The Morgan fingerprint density at radius 1 is 1.05 bits per heavy atom. The Morgan fingerprint density at radius 2 is 1.83 bits per heavy atom. The van der Waals surface area contributed by atoms with Gasteiger partial charge in [0, 0.05) is 16.8 Å². The lowest BCUT2D eigenvalue weighted by molar-refractivity contribution is 0.0929. The Hall–Kier alpha value is -4.34. The van der Waals surface area contributed by atoms with Crippen molar-refractivity contribution in [2.45, 2.75) is 19.5 Å². The molecule has 2 aromatic carbocycles. The SMILES string of the molecule is COC(=O)N1C/C(=C\c2ccc(OC)cc2)c2c(c(C(=O)NC(C)c3ccccn3)nn2-c2ccc(Cl)cc2Cl)C1. The first kappa shape index (κ1) is 28.2. The van der Waals surface area contributed by atoms with Crippen LogP contribution in [0.25, 0.3) is 17.3 Å². The molecular formula is C30H27Cl2N5O4. The van der Waals surface area contributed by atoms with Crippen LogP contribution in [0.15, 0.2) is 66.9 Å². The van der Waals surface area contributed by atoms with E-state index in [-0.39, 0.29) is 18.8 Å². The van der Waals surface area contributed by atoms with Crippen molar-refractivity contribution < 1.29 is 19.1 Å². The number of halogens is 2. The minimum Gasteiger partial charge on any atom is -0.497 e. The minimum atomic E-state index is -0.526. The smallest absolute Gasteiger partial charge is 0.410 e. The van der Waals surface area contributed by atoms with Crippen LogP contribution in [0.4, 0.5) is 4.79 Å². The summed E-state index contributed by atoms with van der Waals surface area (Å²) in [5, 5.41) is 8.56. The first-order valence-corrected chi connectivity index (χ1v) is 13.5. The maximum absolute atomic E-state index is 13.7. The summed E-state index contributed by atoms with van der Waals surface area (Å²) in [6, 6.07) is 17.7. The van der Waals surface area contributed by atoms with Crippen LogP contribution in [0, 0.1) is 0 Å². The van der Waals surface area contributed by atoms with Gasteiger partial charge >= 0.3 is 6.09 Å². The van der Waals surface area contributed by atoms with E-state index >= 15 is 0 Å². The molecule has 0 aliphatic carbocycles. The molecular weight excluding hydrogens is 565 g/mol. The van der Waals surface area contributed by atoms with Crippen LogP contribution in [-0.4, -0.2) is 52.4 Å². The normalized spacial score (nSPS) is 14.4. The van der Waals surface area contributed by atoms with Crippen LogP contribution in [0.3, 0.4) is 0 Å². The molecule has 0 bridgehead atoms. The second kappa shape index (κ2) is 12.0. The summed E-state index contributed by atoms with van der Waals surface area (Å²) < 4.78 is 12.0. The molecule has 2 amide bonds. The number of nitrogens with one attached hydrogen (secondary N) is 1. The van der Waals surface area contributed by atoms with E-state index in [9.17, 15) is 9.59 Å². The number of hydrogen-bond acceptors (Lipinski definition) is 6. The number of benzene rings is 2. The van der Waals surface area contributed by atoms with E-state index in [4.69, 9.17) is 37.8 Å². The Balaban J connectivity index is 1.67. The third kappa shape index (κ3) is 5.91. The monoisotopic (exact) mass is 591 g/mol. The number of amides is 2. The van der Waals surface area contributed by atoms with Gasteiger partial charge in [-0.25, -0.2) is 9.48 Å². The van der Waals surface area contributed by atoms with Crippen molar-refractivity contribution in [2.75, 3.05) is 20.8 Å². The molecule has 0 radical (unpaired) electrons. The van der Waals surface area contributed by atoms with Gasteiger partial charge < -0.3 is 14.8 Å². The van der Waals surface area contributed by atoms with Crippen LogP contribution in [0.5, 0.6) is 5.75 Å². The highest BCUT2D eigenvalue weighted by Crippen LogP contribution is 2.36. The van der Waals surface area contributed by atoms with E-state index in [1.807, 2.05) is 55.5 Å². The van der Waals surface area contributed by atoms with Gasteiger partial charge in [-0.05, 0) is 66.6 Å². The third-order valence-electron chi connectivity index (χ3n) is 6.72. The van der Waals surface area contributed by atoms with Gasteiger partial charge in [0.1, 0.15) is 5.75 Å². The van der Waals surface area contributed by atoms with Gasteiger partial charge in [-0.15, -0.1) is 0 Å². The summed E-state index contributed by atoms with van der Waals surface area (Å²) in [4.78, 5) is 32.4. The van der Waals surface area contributed by atoms with E-state index in [2.05, 4.69) is 10.3 Å². The fraction of sp³-hybridized carbons (Fsp3) is 0.200. The summed E-state index contributed by atoms with van der Waals surface area (Å²) in [6.07, 6.45) is 3.08. The molecule has 1 aliphatic heterocycles. The lowest BCUT2D eigenvalue weighted by Gasteiger charge is -2.29. The van der Waals surface area contributed by atoms with E-state index < -0.39 is 18.0 Å². The number of ether oxygens (including phenoxy) is 2. The van der Waals surface area contributed by atoms with Crippen molar-refractivity contribution in [1.82, 2.24) is 25.0 Å². The number of aromatic nitrogens is 3. The van der Waals surface area contributed by atoms with Gasteiger partial charge in [0.05, 0.1) is 55.4 Å². The number of pyridine rings is 1. The molecule has 1 atom stereocenters. The van der Waals surface area contributed by atoms with E-state index in [1.165, 1.54) is 12.0 Å². The van der Waals surface area contributed by atoms with Gasteiger partial charge in [0.2, 0.25) is 0 Å². The summed E-state index contributed by atoms with van der Waals surface area (Å²) in [6.45, 7) is 2.16. The average molecular weight is 592 g/mol. The number of carbonyl (C=O) groups excluding carboxylic acids is 2. The molecule has 5 rings (SSSR count). The highest BCUT2D eigenvalue weighted by Gasteiger charge is 2.34. The maximum atomic E-state index is 13.7. The maximum Gasteiger partial charge on any atom is 0.410 e. The molecule has 0 saturated heterocycles. The Morgan fingerprint density at radius 3 is 2.49 bits per heavy atom. The number of fused-ring (bicyclic) bond motifs is 1. The number of nitrogens with zero attached hydrogens (tertiary/aromatic N) is 4. The quantitative estimate of drug-likeness (QED) is 0.287. The second-order valence-electron chi connectivity index (χ2n) is 9.40. The third-order valence-corrected chi connectivity index (χ3v) is 7.26. The Labute approximate surface area is 247 Å². The molecule has 210 valence electrons. The molecule has 11 heteroatoms. The number of methoxy groups -OCH3 is 2. The standard InChI is InChI=1S/C30H27Cl2N5O4/c1-18(25-6-4-5-13-33-25)34-29(38)27-23-17-36(30(39)41-3)16-20(14-19-7-10-22(40-2)11-8-19)28(23)37(35-27)26-12-9-21(31)15-24(26)32/h4-15,18H,16-17H2,1-3H3,(H,34,38)/b20-14+. The number of carbonyl (C=O) groups is 2. The van der Waals surface area contributed by atoms with Crippen LogP contribution < -0.4 is 10.1 Å². The van der Waals surface area contributed by atoms with E-state index in [0.29, 0.717) is 38.4 Å². The Bertz CT molecular complexity index is 1620. The number of hydrogen-bond donors (Lipinski definition) is 1. The van der Waals surface area contributed by atoms with Crippen molar-refractivity contribution >= 4 is 46.9 Å². The molecule has 2 aromatic heterocycles. The molecule has 1 N–H and O–H groups in total. The molecule has 0 fully saturated rings. The number of rotatable bonds is 6. The summed E-state index contributed by atoms with van der Waals surface area (Å²) in [5.74, 6) is 0.297. The zero-order valence-corrected chi connectivity index (χ0v) is 24.1. The molecule has 0 saturated carbocycles. The molecule has 1 unspecified atom stereocenters. The van der Waals surface area contributed by atoms with Gasteiger partial charge in [-0.3, -0.25) is 14.7 Å². The molecule has 9 nitrogen and oxygen atoms in total. The van der Waals surface area contributed by atoms with Crippen molar-refractivity contribution in [3.8, 4) is 11.4 Å². The Kier molecular flexibility index (Phi) is 8.28. The molecule has 1 aliphatic rings. The van der Waals surface area contributed by atoms with Crippen LogP contribution in [0.1, 0.15) is 46.0 Å². The fourth-order valence-electron chi connectivity index (χ4n) is 4.71. The highest BCUT2D eigenvalue weighted by molar-refractivity contribution is 6.35. The zero-order chi connectivity index (χ0) is 29.1. The highest BCUT2D eigenvalue weighted by atomic mass is 35.5. The van der Waals surface area contributed by atoms with Gasteiger partial charge in [0.25, 0.3) is 5.91 Å². The lowest BCUT2D eigenvalue weighted by Crippen LogP contribution is -2.36. The van der Waals surface area contributed by atoms with E-state index in [0.717, 1.165) is 11.1 Å². The van der Waals surface area contributed by atoms with E-state index in [1.54, 1.807) is 36.2 Å². The average Bonchev–Trinajstić information content (AvgIpc) is 3.37. The first-order valence-electron chi connectivity index (χ1n) is 12.8. The van der Waals surface area contributed by atoms with Gasteiger partial charge in [0.15, 0.2) is 5.69 Å². The predicted molar refractivity (Wildman–Crippen MR) is 157 cm³/mol. The predicted octanol–water partition coefficient (Wildman–Crippen LogP) is 6.20. The second-order valence-corrected chi connectivity index (χ2v) is 10.2. The van der Waals surface area contributed by atoms with Crippen LogP contribution in [-0.2, 0) is 11.3 Å². The molecule has 0 spiro atoms. The van der Waals surface area contributed by atoms with Crippen molar-refractivity contribution in [3.05, 3.63) is 105 Å². The summed E-state index contributed by atoms with van der Waals surface area (Å²) in [5.41, 5.74) is 4.20. The largest absolute Gasteiger partial charge is 0.497 e. The summed E-state index contributed by atoms with van der Waals surface area (Å²) in [7, 11) is 2.93. The van der Waals surface area contributed by atoms with Gasteiger partial charge in [-0.2, -0.15) is 5.10 Å². The lowest BCUT2D eigenvalue weighted by atomic mass is 9.97. The van der Waals surface area contributed by atoms with Crippen molar-refractivity contribution in [3.63, 3.8) is 0 Å². The zero-order valence-electron chi connectivity index (χ0n) is 22.6. The fourth-order valence-corrected chi connectivity index (χ4v) is 5.20. The molecule has 41 heavy (non-hydrogen) atoms. The topological polar surface area (TPSA) is 98.6 Å². The molecule has 3 heterocycles. The van der Waals surface area contributed by atoms with Gasteiger partial charge in [-0.1, -0.05) is 41.4 Å². The minimum absolute atomic E-state index is 0.105. The summed E-state index contributed by atoms with van der Waals surface area (Å²) >= 11 is 12.8. The van der Waals surface area contributed by atoms with Crippen LogP contribution >= 0.6 is 23.2 Å². The van der Waals surface area contributed by atoms with Crippen molar-refractivity contribution in [2.24, 2.45) is 0 Å². The van der Waals surface area contributed by atoms with Crippen molar-refractivity contribution in [1.29, 1.82) is 0 Å². The molecule has 4 aromatic rings. The first-order chi connectivity index (χ1) is 19.8.